The number of rotatable bonds is 3. The molecule has 4 heteroatoms. The summed E-state index contributed by atoms with van der Waals surface area (Å²) in [5, 5.41) is 6.67. The van der Waals surface area contributed by atoms with E-state index in [2.05, 4.69) is 48.7 Å². The molecular weight excluding hydrogens is 288 g/mol. The lowest BCUT2D eigenvalue weighted by Gasteiger charge is -2.35. The van der Waals surface area contributed by atoms with Crippen LogP contribution in [0, 0.1) is 18.8 Å². The molecule has 1 aromatic rings. The van der Waals surface area contributed by atoms with Crippen LogP contribution in [0.2, 0.25) is 0 Å². The summed E-state index contributed by atoms with van der Waals surface area (Å²) in [5.74, 6) is 0.567. The molecule has 0 saturated carbocycles. The summed E-state index contributed by atoms with van der Waals surface area (Å²) in [6.45, 7) is 6.98. The van der Waals surface area contributed by atoms with Crippen molar-refractivity contribution in [1.82, 2.24) is 10.6 Å². The average Bonchev–Trinajstić information content (AvgIpc) is 2.58. The van der Waals surface area contributed by atoms with E-state index < -0.39 is 0 Å². The minimum Gasteiger partial charge on any atom is -0.373 e. The average molecular weight is 316 g/mol. The largest absolute Gasteiger partial charge is 0.373 e. The molecule has 4 atom stereocenters. The topological polar surface area (TPSA) is 50.4 Å². The SMILES string of the molecule is Cc1ccc(C2OCCCC2C(=O)NC2CCNCC2C)cc1. The maximum atomic E-state index is 12.9. The van der Waals surface area contributed by atoms with E-state index in [1.54, 1.807) is 0 Å². The van der Waals surface area contributed by atoms with Crippen LogP contribution in [-0.2, 0) is 9.53 Å². The third-order valence-corrected chi connectivity index (χ3v) is 5.18. The van der Waals surface area contributed by atoms with E-state index in [1.807, 2.05) is 0 Å². The van der Waals surface area contributed by atoms with Crippen molar-refractivity contribution in [1.29, 1.82) is 0 Å². The third-order valence-electron chi connectivity index (χ3n) is 5.18. The third kappa shape index (κ3) is 3.93. The van der Waals surface area contributed by atoms with Crippen molar-refractivity contribution in [3.63, 3.8) is 0 Å². The lowest BCUT2D eigenvalue weighted by atomic mass is 9.87. The van der Waals surface area contributed by atoms with Gasteiger partial charge in [-0.3, -0.25) is 4.79 Å². The van der Waals surface area contributed by atoms with E-state index in [0.717, 1.165) is 44.5 Å². The van der Waals surface area contributed by atoms with Gasteiger partial charge in [0, 0.05) is 12.6 Å². The summed E-state index contributed by atoms with van der Waals surface area (Å²) in [5.41, 5.74) is 2.35. The molecule has 2 heterocycles. The second-order valence-corrected chi connectivity index (χ2v) is 7.04. The van der Waals surface area contributed by atoms with Crippen LogP contribution in [0.25, 0.3) is 0 Å². The summed E-state index contributed by atoms with van der Waals surface area (Å²) in [4.78, 5) is 12.9. The molecule has 0 bridgehead atoms. The smallest absolute Gasteiger partial charge is 0.226 e. The number of hydrogen-bond acceptors (Lipinski definition) is 3. The van der Waals surface area contributed by atoms with Crippen molar-refractivity contribution in [2.45, 2.75) is 45.3 Å². The highest BCUT2D eigenvalue weighted by atomic mass is 16.5. The Bertz CT molecular complexity index is 529. The fourth-order valence-electron chi connectivity index (χ4n) is 3.65. The zero-order valence-electron chi connectivity index (χ0n) is 14.2. The number of piperidine rings is 1. The van der Waals surface area contributed by atoms with Crippen LogP contribution in [-0.4, -0.2) is 31.6 Å². The maximum absolute atomic E-state index is 12.9. The van der Waals surface area contributed by atoms with Crippen molar-refractivity contribution in [2.24, 2.45) is 11.8 Å². The Kier molecular flexibility index (Phi) is 5.34. The number of carbonyl (C=O) groups excluding carboxylic acids is 1. The summed E-state index contributed by atoms with van der Waals surface area (Å²) in [6, 6.07) is 8.66. The Balaban J connectivity index is 1.70. The van der Waals surface area contributed by atoms with Crippen molar-refractivity contribution in [3.05, 3.63) is 35.4 Å². The van der Waals surface area contributed by atoms with Gasteiger partial charge >= 0.3 is 0 Å². The number of aryl methyl sites for hydroxylation is 1. The zero-order valence-corrected chi connectivity index (χ0v) is 14.2. The fourth-order valence-corrected chi connectivity index (χ4v) is 3.65. The summed E-state index contributed by atoms with van der Waals surface area (Å²) in [7, 11) is 0. The number of carbonyl (C=O) groups is 1. The predicted molar refractivity (Wildman–Crippen MR) is 91.2 cm³/mol. The van der Waals surface area contributed by atoms with Crippen molar-refractivity contribution >= 4 is 5.91 Å². The van der Waals surface area contributed by atoms with Gasteiger partial charge < -0.3 is 15.4 Å². The van der Waals surface area contributed by atoms with E-state index in [1.165, 1.54) is 5.56 Å². The molecule has 2 aliphatic rings. The molecular formula is C19H28N2O2. The van der Waals surface area contributed by atoms with Gasteiger partial charge in [-0.2, -0.15) is 0 Å². The van der Waals surface area contributed by atoms with Gasteiger partial charge in [-0.05, 0) is 50.8 Å². The van der Waals surface area contributed by atoms with Crippen molar-refractivity contribution < 1.29 is 9.53 Å². The first-order valence-electron chi connectivity index (χ1n) is 8.84. The number of hydrogen-bond donors (Lipinski definition) is 2. The molecule has 2 saturated heterocycles. The predicted octanol–water partition coefficient (Wildman–Crippen LogP) is 2.58. The summed E-state index contributed by atoms with van der Waals surface area (Å²) in [6.07, 6.45) is 2.77. The monoisotopic (exact) mass is 316 g/mol. The van der Waals surface area contributed by atoms with Crippen molar-refractivity contribution in [2.75, 3.05) is 19.7 Å². The van der Waals surface area contributed by atoms with Crippen LogP contribution in [0.4, 0.5) is 0 Å². The molecule has 126 valence electrons. The van der Waals surface area contributed by atoms with E-state index in [9.17, 15) is 4.79 Å². The van der Waals surface area contributed by atoms with Crippen LogP contribution in [0.3, 0.4) is 0 Å². The second-order valence-electron chi connectivity index (χ2n) is 7.04. The van der Waals surface area contributed by atoms with Crippen molar-refractivity contribution in [3.8, 4) is 0 Å². The molecule has 1 amide bonds. The lowest BCUT2D eigenvalue weighted by Crippen LogP contribution is -2.51. The van der Waals surface area contributed by atoms with Gasteiger partial charge in [0.15, 0.2) is 0 Å². The van der Waals surface area contributed by atoms with E-state index in [0.29, 0.717) is 5.92 Å². The van der Waals surface area contributed by atoms with Gasteiger partial charge in [0.2, 0.25) is 5.91 Å². The summed E-state index contributed by atoms with van der Waals surface area (Å²) >= 11 is 0. The highest BCUT2D eigenvalue weighted by Crippen LogP contribution is 2.34. The molecule has 0 radical (unpaired) electrons. The molecule has 2 N–H and O–H groups in total. The lowest BCUT2D eigenvalue weighted by molar-refractivity contribution is -0.136. The number of nitrogens with one attached hydrogen (secondary N) is 2. The normalized spacial score (nSPS) is 31.6. The number of benzene rings is 1. The molecule has 4 nitrogen and oxygen atoms in total. The Hall–Kier alpha value is -1.39. The molecule has 2 fully saturated rings. The molecule has 4 unspecified atom stereocenters. The standard InChI is InChI=1S/C19H28N2O2/c1-13-5-7-15(8-6-13)18-16(4-3-11-23-18)19(22)21-17-9-10-20-12-14(17)2/h5-8,14,16-18,20H,3-4,9-12H2,1-2H3,(H,21,22). The highest BCUT2D eigenvalue weighted by Gasteiger charge is 2.35. The number of amides is 1. The Morgan fingerprint density at radius 2 is 2.04 bits per heavy atom. The Morgan fingerprint density at radius 1 is 1.26 bits per heavy atom. The quantitative estimate of drug-likeness (QED) is 0.901. The van der Waals surface area contributed by atoms with Crippen LogP contribution in [0.15, 0.2) is 24.3 Å². The Morgan fingerprint density at radius 3 is 2.78 bits per heavy atom. The van der Waals surface area contributed by atoms with Crippen LogP contribution in [0.5, 0.6) is 0 Å². The maximum Gasteiger partial charge on any atom is 0.226 e. The van der Waals surface area contributed by atoms with Gasteiger partial charge in [-0.1, -0.05) is 36.8 Å². The van der Waals surface area contributed by atoms with Gasteiger partial charge in [-0.25, -0.2) is 0 Å². The Labute approximate surface area is 139 Å². The van der Waals surface area contributed by atoms with E-state index >= 15 is 0 Å². The van der Waals surface area contributed by atoms with Gasteiger partial charge in [0.25, 0.3) is 0 Å². The molecule has 1 aromatic carbocycles. The minimum atomic E-state index is -0.110. The van der Waals surface area contributed by atoms with Crippen LogP contribution < -0.4 is 10.6 Å². The first kappa shape index (κ1) is 16.5. The fraction of sp³-hybridized carbons (Fsp3) is 0.632. The van der Waals surface area contributed by atoms with Crippen LogP contribution in [0.1, 0.15) is 43.4 Å². The van der Waals surface area contributed by atoms with Gasteiger partial charge in [-0.15, -0.1) is 0 Å². The number of ether oxygens (including phenoxy) is 1. The van der Waals surface area contributed by atoms with Gasteiger partial charge in [0.1, 0.15) is 0 Å². The van der Waals surface area contributed by atoms with Crippen LogP contribution >= 0.6 is 0 Å². The highest BCUT2D eigenvalue weighted by molar-refractivity contribution is 5.80. The first-order valence-corrected chi connectivity index (χ1v) is 8.84. The molecule has 0 aromatic heterocycles. The van der Waals surface area contributed by atoms with E-state index in [-0.39, 0.29) is 24.0 Å². The molecule has 3 rings (SSSR count). The molecule has 0 spiro atoms. The van der Waals surface area contributed by atoms with E-state index in [4.69, 9.17) is 4.74 Å². The zero-order chi connectivity index (χ0) is 16.2. The molecule has 2 aliphatic heterocycles. The first-order chi connectivity index (χ1) is 11.1. The molecule has 23 heavy (non-hydrogen) atoms. The minimum absolute atomic E-state index is 0.0754. The molecule has 0 aliphatic carbocycles. The summed E-state index contributed by atoms with van der Waals surface area (Å²) < 4.78 is 5.98. The second kappa shape index (κ2) is 7.45. The van der Waals surface area contributed by atoms with Gasteiger partial charge in [0.05, 0.1) is 12.0 Å².